The third kappa shape index (κ3) is 3.50. The first-order valence-corrected chi connectivity index (χ1v) is 9.05. The fourth-order valence-corrected chi connectivity index (χ4v) is 4.57. The molecule has 1 aliphatic rings. The molecular formula is C18H22ClNS. The van der Waals surface area contributed by atoms with Crippen LogP contribution >= 0.6 is 22.9 Å². The van der Waals surface area contributed by atoms with E-state index in [2.05, 4.69) is 41.9 Å². The molecule has 2 atom stereocenters. The van der Waals surface area contributed by atoms with Crippen LogP contribution in [0, 0.1) is 5.92 Å². The minimum Gasteiger partial charge on any atom is -0.302 e. The van der Waals surface area contributed by atoms with Crippen LogP contribution < -0.4 is 5.32 Å². The van der Waals surface area contributed by atoms with E-state index in [4.69, 9.17) is 11.6 Å². The van der Waals surface area contributed by atoms with Gasteiger partial charge in [0.15, 0.2) is 0 Å². The van der Waals surface area contributed by atoms with E-state index in [9.17, 15) is 0 Å². The van der Waals surface area contributed by atoms with E-state index in [1.807, 2.05) is 23.5 Å². The molecule has 1 aliphatic carbocycles. The Kier molecular flexibility index (Phi) is 4.99. The molecule has 1 aromatic carbocycles. The van der Waals surface area contributed by atoms with Crippen LogP contribution in [0.3, 0.4) is 0 Å². The lowest BCUT2D eigenvalue weighted by Crippen LogP contribution is -2.29. The van der Waals surface area contributed by atoms with Gasteiger partial charge in [-0.2, -0.15) is 0 Å². The molecule has 1 nitrogen and oxygen atoms in total. The van der Waals surface area contributed by atoms with Gasteiger partial charge in [-0.1, -0.05) is 48.7 Å². The third-order valence-corrected chi connectivity index (χ3v) is 5.82. The molecule has 1 unspecified atom stereocenters. The molecule has 0 amide bonds. The zero-order chi connectivity index (χ0) is 14.7. The molecule has 0 saturated heterocycles. The largest absolute Gasteiger partial charge is 0.302 e. The van der Waals surface area contributed by atoms with Gasteiger partial charge in [-0.25, -0.2) is 0 Å². The monoisotopic (exact) mass is 319 g/mol. The van der Waals surface area contributed by atoms with Gasteiger partial charge in [0.1, 0.15) is 0 Å². The van der Waals surface area contributed by atoms with Crippen LogP contribution in [0.1, 0.15) is 55.1 Å². The fourth-order valence-electron chi connectivity index (χ4n) is 3.39. The Morgan fingerprint density at radius 1 is 1.14 bits per heavy atom. The van der Waals surface area contributed by atoms with Crippen molar-refractivity contribution in [3.8, 4) is 0 Å². The lowest BCUT2D eigenvalue weighted by Gasteiger charge is -2.28. The Morgan fingerprint density at radius 2 is 1.90 bits per heavy atom. The van der Waals surface area contributed by atoms with Gasteiger partial charge in [-0.3, -0.25) is 0 Å². The normalized spacial score (nSPS) is 18.8. The molecule has 3 heteroatoms. The van der Waals surface area contributed by atoms with Crippen LogP contribution in [0.5, 0.6) is 0 Å². The highest BCUT2D eigenvalue weighted by Gasteiger charge is 2.28. The highest BCUT2D eigenvalue weighted by Crippen LogP contribution is 2.39. The minimum atomic E-state index is 0.270. The first-order chi connectivity index (χ1) is 10.3. The maximum Gasteiger partial charge on any atom is 0.0453 e. The zero-order valence-corrected chi connectivity index (χ0v) is 14.0. The highest BCUT2D eigenvalue weighted by molar-refractivity contribution is 7.10. The van der Waals surface area contributed by atoms with Crippen molar-refractivity contribution in [3.63, 3.8) is 0 Å². The Balaban J connectivity index is 1.79. The van der Waals surface area contributed by atoms with Crippen molar-refractivity contribution >= 4 is 22.9 Å². The predicted molar refractivity (Wildman–Crippen MR) is 92.0 cm³/mol. The van der Waals surface area contributed by atoms with E-state index >= 15 is 0 Å². The van der Waals surface area contributed by atoms with Gasteiger partial charge in [-0.15, -0.1) is 11.3 Å². The van der Waals surface area contributed by atoms with Crippen molar-refractivity contribution in [1.82, 2.24) is 5.32 Å². The summed E-state index contributed by atoms with van der Waals surface area (Å²) in [5, 5.41) is 6.88. The van der Waals surface area contributed by atoms with Crippen molar-refractivity contribution in [2.24, 2.45) is 5.92 Å². The summed E-state index contributed by atoms with van der Waals surface area (Å²) in [5.74, 6) is 0.758. The van der Waals surface area contributed by atoms with Gasteiger partial charge in [0.25, 0.3) is 0 Å². The molecule has 1 N–H and O–H groups in total. The summed E-state index contributed by atoms with van der Waals surface area (Å²) in [6, 6.07) is 13.3. The van der Waals surface area contributed by atoms with Gasteiger partial charge in [0, 0.05) is 22.0 Å². The molecule has 0 aliphatic heterocycles. The predicted octanol–water partition coefficient (Wildman–Crippen LogP) is 5.98. The number of hydrogen-bond donors (Lipinski definition) is 1. The second-order valence-electron chi connectivity index (χ2n) is 5.95. The van der Waals surface area contributed by atoms with Gasteiger partial charge in [0.05, 0.1) is 0 Å². The Morgan fingerprint density at radius 3 is 2.57 bits per heavy atom. The molecule has 0 radical (unpaired) electrons. The first kappa shape index (κ1) is 15.1. The van der Waals surface area contributed by atoms with Gasteiger partial charge >= 0.3 is 0 Å². The second kappa shape index (κ2) is 6.95. The summed E-state index contributed by atoms with van der Waals surface area (Å²) < 4.78 is 0. The van der Waals surface area contributed by atoms with Crippen molar-refractivity contribution in [3.05, 3.63) is 57.2 Å². The first-order valence-electron chi connectivity index (χ1n) is 7.79. The number of benzene rings is 1. The van der Waals surface area contributed by atoms with Crippen LogP contribution in [0.2, 0.25) is 5.02 Å². The van der Waals surface area contributed by atoms with Crippen molar-refractivity contribution in [2.45, 2.75) is 44.7 Å². The molecular weight excluding hydrogens is 298 g/mol. The number of halogens is 1. The van der Waals surface area contributed by atoms with Crippen LogP contribution in [0.4, 0.5) is 0 Å². The van der Waals surface area contributed by atoms with Crippen molar-refractivity contribution < 1.29 is 0 Å². The number of rotatable bonds is 5. The van der Waals surface area contributed by atoms with Gasteiger partial charge in [-0.05, 0) is 48.8 Å². The Hall–Kier alpha value is -0.830. The molecule has 2 aromatic rings. The molecule has 1 aromatic heterocycles. The molecule has 0 spiro atoms. The average Bonchev–Trinajstić information content (AvgIpc) is 3.18. The quantitative estimate of drug-likeness (QED) is 0.714. The molecule has 1 heterocycles. The van der Waals surface area contributed by atoms with Gasteiger partial charge < -0.3 is 5.32 Å². The number of nitrogens with one attached hydrogen (secondary N) is 1. The summed E-state index contributed by atoms with van der Waals surface area (Å²) >= 11 is 8.21. The van der Waals surface area contributed by atoms with E-state index in [-0.39, 0.29) is 6.04 Å². The van der Waals surface area contributed by atoms with Crippen molar-refractivity contribution in [1.29, 1.82) is 0 Å². The fraction of sp³-hybridized carbons (Fsp3) is 0.444. The molecule has 1 fully saturated rings. The Labute approximate surface area is 136 Å². The lowest BCUT2D eigenvalue weighted by molar-refractivity contribution is 0.343. The van der Waals surface area contributed by atoms with Gasteiger partial charge in [0.2, 0.25) is 0 Å². The maximum atomic E-state index is 6.35. The maximum absolute atomic E-state index is 6.35. The molecule has 112 valence electrons. The number of thiophene rings is 1. The molecule has 1 saturated carbocycles. The van der Waals surface area contributed by atoms with E-state index in [0.717, 1.165) is 10.9 Å². The summed E-state index contributed by atoms with van der Waals surface area (Å²) in [4.78, 5) is 1.46. The second-order valence-corrected chi connectivity index (χ2v) is 7.33. The zero-order valence-electron chi connectivity index (χ0n) is 12.4. The van der Waals surface area contributed by atoms with E-state index in [1.54, 1.807) is 0 Å². The van der Waals surface area contributed by atoms with Crippen molar-refractivity contribution in [2.75, 3.05) is 0 Å². The molecule has 21 heavy (non-hydrogen) atoms. The van der Waals surface area contributed by atoms with Crippen LogP contribution in [-0.2, 0) is 0 Å². The average molecular weight is 320 g/mol. The Bertz CT molecular complexity index is 560. The number of hydrogen-bond acceptors (Lipinski definition) is 2. The van der Waals surface area contributed by atoms with E-state index in [0.29, 0.717) is 6.04 Å². The summed E-state index contributed by atoms with van der Waals surface area (Å²) in [5.41, 5.74) is 1.19. The summed E-state index contributed by atoms with van der Waals surface area (Å²) in [6.45, 7) is 2.22. The minimum absolute atomic E-state index is 0.270. The van der Waals surface area contributed by atoms with E-state index in [1.165, 1.54) is 36.1 Å². The molecule has 0 bridgehead atoms. The van der Waals surface area contributed by atoms with Crippen LogP contribution in [0.15, 0.2) is 41.8 Å². The van der Waals surface area contributed by atoms with Crippen LogP contribution in [-0.4, -0.2) is 0 Å². The summed E-state index contributed by atoms with van der Waals surface area (Å²) in [7, 11) is 0. The summed E-state index contributed by atoms with van der Waals surface area (Å²) in [6.07, 6.45) is 5.42. The highest BCUT2D eigenvalue weighted by atomic mass is 35.5. The lowest BCUT2D eigenvalue weighted by atomic mass is 9.95. The molecule has 3 rings (SSSR count). The van der Waals surface area contributed by atoms with Crippen LogP contribution in [0.25, 0.3) is 0 Å². The standard InChI is InChI=1S/C18H22ClNS/c1-13(15-9-4-5-10-16(15)19)20-18(14-7-2-3-8-14)17-11-6-12-21-17/h4-6,9-14,18,20H,2-3,7-8H2,1H3/t13-,18?/m1/s1. The SMILES string of the molecule is C[C@@H](NC(c1cccs1)C1CCCC1)c1ccccc1Cl. The third-order valence-electron chi connectivity index (χ3n) is 4.52. The topological polar surface area (TPSA) is 12.0 Å². The smallest absolute Gasteiger partial charge is 0.0453 e. The van der Waals surface area contributed by atoms with E-state index < -0.39 is 0 Å².